The minimum Gasteiger partial charge on any atom is -0.380 e. The van der Waals surface area contributed by atoms with Crippen LogP contribution in [0.15, 0.2) is 60.9 Å². The molecule has 2 heterocycles. The minimum absolute atomic E-state index is 0.572. The maximum absolute atomic E-state index is 10.8. The van der Waals surface area contributed by atoms with Crippen molar-refractivity contribution in [2.45, 2.75) is 38.5 Å². The van der Waals surface area contributed by atoms with E-state index in [0.29, 0.717) is 12.4 Å². The highest BCUT2D eigenvalue weighted by molar-refractivity contribution is 5.27. The van der Waals surface area contributed by atoms with Gasteiger partial charge in [-0.05, 0) is 42.6 Å². The molecule has 1 saturated heterocycles. The lowest BCUT2D eigenvalue weighted by molar-refractivity contribution is 0.204. The normalized spacial score (nSPS) is 16.3. The molecule has 27 heavy (non-hydrogen) atoms. The van der Waals surface area contributed by atoms with Crippen LogP contribution in [0.25, 0.3) is 0 Å². The van der Waals surface area contributed by atoms with Crippen molar-refractivity contribution in [3.05, 3.63) is 83.4 Å². The summed E-state index contributed by atoms with van der Waals surface area (Å²) in [5, 5.41) is 19.0. The van der Waals surface area contributed by atoms with Crippen molar-refractivity contribution in [3.8, 4) is 0 Å². The molecular formula is C22H26N4O. The molecule has 0 radical (unpaired) electrons. The Morgan fingerprint density at radius 2 is 1.56 bits per heavy atom. The molecule has 0 bridgehead atoms. The number of hydrogen-bond donors (Lipinski definition) is 1. The second kappa shape index (κ2) is 8.46. The van der Waals surface area contributed by atoms with Gasteiger partial charge in [-0.1, -0.05) is 61.0 Å². The Kier molecular flexibility index (Phi) is 5.61. The molecule has 3 aromatic rings. The summed E-state index contributed by atoms with van der Waals surface area (Å²) in [6.45, 7) is 4.01. The Bertz CT molecular complexity index is 838. The van der Waals surface area contributed by atoms with Gasteiger partial charge in [0.1, 0.15) is 12.4 Å². The third-order valence-corrected chi connectivity index (χ3v) is 5.24. The average molecular weight is 362 g/mol. The number of rotatable bonds is 6. The first-order chi connectivity index (χ1) is 13.3. The Morgan fingerprint density at radius 3 is 2.30 bits per heavy atom. The van der Waals surface area contributed by atoms with E-state index < -0.39 is 6.10 Å². The van der Waals surface area contributed by atoms with Gasteiger partial charge in [0, 0.05) is 6.54 Å². The van der Waals surface area contributed by atoms with E-state index in [1.54, 1.807) is 6.33 Å². The van der Waals surface area contributed by atoms with Crippen LogP contribution in [0.4, 0.5) is 0 Å². The van der Waals surface area contributed by atoms with Gasteiger partial charge in [0.25, 0.3) is 0 Å². The Hall–Kier alpha value is -2.50. The summed E-state index contributed by atoms with van der Waals surface area (Å²) in [6, 6.07) is 18.4. The highest BCUT2D eigenvalue weighted by Crippen LogP contribution is 2.22. The molecule has 1 aliphatic heterocycles. The first kappa shape index (κ1) is 17.9. The van der Waals surface area contributed by atoms with Gasteiger partial charge in [-0.2, -0.15) is 0 Å². The van der Waals surface area contributed by atoms with Gasteiger partial charge in [0.15, 0.2) is 5.82 Å². The Labute approximate surface area is 160 Å². The number of aliphatic hydroxyl groups is 1. The number of nitrogens with zero attached hydrogens (tertiary/aromatic N) is 4. The van der Waals surface area contributed by atoms with Crippen molar-refractivity contribution >= 4 is 0 Å². The van der Waals surface area contributed by atoms with Crippen molar-refractivity contribution in [1.29, 1.82) is 0 Å². The van der Waals surface area contributed by atoms with Crippen molar-refractivity contribution in [3.63, 3.8) is 0 Å². The average Bonchev–Trinajstić information content (AvgIpc) is 3.18. The lowest BCUT2D eigenvalue weighted by atomic mass is 10.0. The number of aliphatic hydroxyl groups excluding tert-OH is 1. The standard InChI is InChI=1S/C22H26N4O/c27-21(22-24-23-17-26(22)16-18-7-3-1-4-8-18)20-11-9-19(10-12-20)15-25-13-5-2-6-14-25/h1,3-4,7-12,17,21,27H,2,5-6,13-16H2/t21-/m1/s1. The van der Waals surface area contributed by atoms with Crippen LogP contribution in [-0.2, 0) is 13.1 Å². The van der Waals surface area contributed by atoms with E-state index in [1.165, 1.54) is 37.9 Å². The van der Waals surface area contributed by atoms with E-state index in [0.717, 1.165) is 17.7 Å². The highest BCUT2D eigenvalue weighted by Gasteiger charge is 2.18. The quantitative estimate of drug-likeness (QED) is 0.730. The van der Waals surface area contributed by atoms with Crippen LogP contribution in [0, 0.1) is 0 Å². The molecular weight excluding hydrogens is 336 g/mol. The summed E-state index contributed by atoms with van der Waals surface area (Å²) < 4.78 is 1.90. The molecule has 1 fully saturated rings. The van der Waals surface area contributed by atoms with Gasteiger partial charge in [0.05, 0.1) is 6.54 Å². The molecule has 1 N–H and O–H groups in total. The third-order valence-electron chi connectivity index (χ3n) is 5.24. The van der Waals surface area contributed by atoms with Crippen LogP contribution in [0.1, 0.15) is 47.9 Å². The smallest absolute Gasteiger partial charge is 0.166 e. The SMILES string of the molecule is O[C@H](c1ccc(CN2CCCCC2)cc1)c1nncn1Cc1ccccc1. The number of piperidine rings is 1. The number of aromatic nitrogens is 3. The number of benzene rings is 2. The fraction of sp³-hybridized carbons (Fsp3) is 0.364. The maximum Gasteiger partial charge on any atom is 0.166 e. The summed E-state index contributed by atoms with van der Waals surface area (Å²) in [5.74, 6) is 0.572. The lowest BCUT2D eigenvalue weighted by Gasteiger charge is -2.26. The summed E-state index contributed by atoms with van der Waals surface area (Å²) >= 11 is 0. The first-order valence-electron chi connectivity index (χ1n) is 9.70. The van der Waals surface area contributed by atoms with E-state index in [-0.39, 0.29) is 0 Å². The van der Waals surface area contributed by atoms with Gasteiger partial charge in [-0.15, -0.1) is 10.2 Å². The van der Waals surface area contributed by atoms with Crippen LogP contribution >= 0.6 is 0 Å². The molecule has 0 aliphatic carbocycles. The molecule has 0 unspecified atom stereocenters. The van der Waals surface area contributed by atoms with Crippen LogP contribution in [0.2, 0.25) is 0 Å². The zero-order valence-corrected chi connectivity index (χ0v) is 15.5. The van der Waals surface area contributed by atoms with E-state index in [1.807, 2.05) is 34.9 Å². The van der Waals surface area contributed by atoms with Gasteiger partial charge in [-0.3, -0.25) is 4.90 Å². The predicted molar refractivity (Wildman–Crippen MR) is 105 cm³/mol. The number of likely N-dealkylation sites (tertiary alicyclic amines) is 1. The molecule has 1 atom stereocenters. The largest absolute Gasteiger partial charge is 0.380 e. The molecule has 140 valence electrons. The molecule has 2 aromatic carbocycles. The fourth-order valence-corrected chi connectivity index (χ4v) is 3.71. The van der Waals surface area contributed by atoms with Crippen LogP contribution in [0.5, 0.6) is 0 Å². The zero-order chi connectivity index (χ0) is 18.5. The van der Waals surface area contributed by atoms with Crippen molar-refractivity contribution in [2.75, 3.05) is 13.1 Å². The lowest BCUT2D eigenvalue weighted by Crippen LogP contribution is -2.29. The van der Waals surface area contributed by atoms with Gasteiger partial charge < -0.3 is 9.67 Å². The number of hydrogen-bond acceptors (Lipinski definition) is 4. The third kappa shape index (κ3) is 4.43. The summed E-state index contributed by atoms with van der Waals surface area (Å²) in [4.78, 5) is 2.51. The molecule has 0 spiro atoms. The minimum atomic E-state index is -0.778. The molecule has 0 saturated carbocycles. The van der Waals surface area contributed by atoms with E-state index in [4.69, 9.17) is 0 Å². The molecule has 1 aromatic heterocycles. The molecule has 5 nitrogen and oxygen atoms in total. The van der Waals surface area contributed by atoms with E-state index in [9.17, 15) is 5.11 Å². The van der Waals surface area contributed by atoms with E-state index >= 15 is 0 Å². The first-order valence-corrected chi connectivity index (χ1v) is 9.70. The van der Waals surface area contributed by atoms with Crippen molar-refractivity contribution < 1.29 is 5.11 Å². The van der Waals surface area contributed by atoms with Crippen LogP contribution in [0.3, 0.4) is 0 Å². The van der Waals surface area contributed by atoms with Crippen LogP contribution < -0.4 is 0 Å². The predicted octanol–water partition coefficient (Wildman–Crippen LogP) is 3.39. The van der Waals surface area contributed by atoms with Gasteiger partial charge in [0.2, 0.25) is 0 Å². The summed E-state index contributed by atoms with van der Waals surface area (Å²) in [6.07, 6.45) is 4.85. The second-order valence-corrected chi connectivity index (χ2v) is 7.28. The van der Waals surface area contributed by atoms with Gasteiger partial charge >= 0.3 is 0 Å². The van der Waals surface area contributed by atoms with E-state index in [2.05, 4.69) is 39.4 Å². The highest BCUT2D eigenvalue weighted by atomic mass is 16.3. The van der Waals surface area contributed by atoms with Crippen LogP contribution in [-0.4, -0.2) is 37.9 Å². The zero-order valence-electron chi connectivity index (χ0n) is 15.5. The molecule has 4 rings (SSSR count). The summed E-state index contributed by atoms with van der Waals surface area (Å²) in [5.41, 5.74) is 3.29. The fourth-order valence-electron chi connectivity index (χ4n) is 3.71. The van der Waals surface area contributed by atoms with Gasteiger partial charge in [-0.25, -0.2) is 0 Å². The Balaban J connectivity index is 1.45. The molecule has 5 heteroatoms. The maximum atomic E-state index is 10.8. The van der Waals surface area contributed by atoms with Crippen molar-refractivity contribution in [1.82, 2.24) is 19.7 Å². The second-order valence-electron chi connectivity index (χ2n) is 7.28. The summed E-state index contributed by atoms with van der Waals surface area (Å²) in [7, 11) is 0. The monoisotopic (exact) mass is 362 g/mol. The molecule has 1 aliphatic rings. The Morgan fingerprint density at radius 1 is 0.852 bits per heavy atom. The molecule has 0 amide bonds. The van der Waals surface area contributed by atoms with Crippen molar-refractivity contribution in [2.24, 2.45) is 0 Å². The topological polar surface area (TPSA) is 54.2 Å².